The van der Waals surface area contributed by atoms with E-state index >= 15 is 0 Å². The fourth-order valence-corrected chi connectivity index (χ4v) is 3.73. The molecule has 6 heteroatoms. The molecule has 3 rings (SSSR count). The molecule has 1 N–H and O–H groups in total. The number of carbonyl (C=O) groups is 1. The first-order chi connectivity index (χ1) is 13.3. The van der Waals surface area contributed by atoms with Gasteiger partial charge in [0, 0.05) is 43.5 Å². The van der Waals surface area contributed by atoms with Gasteiger partial charge in [0.1, 0.15) is 11.6 Å². The van der Waals surface area contributed by atoms with Crippen LogP contribution in [0.3, 0.4) is 0 Å². The summed E-state index contributed by atoms with van der Waals surface area (Å²) >= 11 is 0. The molecule has 0 saturated carbocycles. The average Bonchev–Trinajstić information content (AvgIpc) is 2.67. The summed E-state index contributed by atoms with van der Waals surface area (Å²) in [7, 11) is 0. The summed E-state index contributed by atoms with van der Waals surface area (Å²) in [5.74, 6) is -0.843. The van der Waals surface area contributed by atoms with Crippen LogP contribution in [-0.2, 0) is 4.79 Å². The Kier molecular flexibility index (Phi) is 6.42. The SMILES string of the molecule is Cc1cccc(C)c1NC(=O)CN1CCN(C(C)c2cc(F)ccc2F)CC1. The van der Waals surface area contributed by atoms with Gasteiger partial charge in [-0.1, -0.05) is 18.2 Å². The van der Waals surface area contributed by atoms with E-state index in [9.17, 15) is 13.6 Å². The van der Waals surface area contributed by atoms with Gasteiger partial charge in [0.2, 0.25) is 5.91 Å². The van der Waals surface area contributed by atoms with Crippen LogP contribution in [0.2, 0.25) is 0 Å². The molecule has 0 spiro atoms. The largest absolute Gasteiger partial charge is 0.324 e. The van der Waals surface area contributed by atoms with Gasteiger partial charge in [0.15, 0.2) is 0 Å². The number of halogens is 2. The highest BCUT2D eigenvalue weighted by Crippen LogP contribution is 2.25. The molecule has 150 valence electrons. The molecule has 1 fully saturated rings. The first-order valence-corrected chi connectivity index (χ1v) is 9.62. The summed E-state index contributed by atoms with van der Waals surface area (Å²) < 4.78 is 27.5. The summed E-state index contributed by atoms with van der Waals surface area (Å²) in [6.07, 6.45) is 0. The van der Waals surface area contributed by atoms with Gasteiger partial charge in [-0.3, -0.25) is 14.6 Å². The maximum Gasteiger partial charge on any atom is 0.238 e. The second kappa shape index (κ2) is 8.80. The zero-order valence-electron chi connectivity index (χ0n) is 16.6. The van der Waals surface area contributed by atoms with Gasteiger partial charge < -0.3 is 5.32 Å². The summed E-state index contributed by atoms with van der Waals surface area (Å²) in [4.78, 5) is 16.7. The number of para-hydroxylation sites is 1. The third kappa shape index (κ3) is 4.75. The van der Waals surface area contributed by atoms with Crippen molar-refractivity contribution >= 4 is 11.6 Å². The molecule has 0 radical (unpaired) electrons. The highest BCUT2D eigenvalue weighted by molar-refractivity contribution is 5.93. The van der Waals surface area contributed by atoms with Gasteiger partial charge in [0.25, 0.3) is 0 Å². The molecule has 2 aromatic rings. The summed E-state index contributed by atoms with van der Waals surface area (Å²) in [5.41, 5.74) is 3.34. The van der Waals surface area contributed by atoms with E-state index in [0.717, 1.165) is 22.9 Å². The van der Waals surface area contributed by atoms with E-state index in [1.54, 1.807) is 0 Å². The van der Waals surface area contributed by atoms with Gasteiger partial charge in [-0.15, -0.1) is 0 Å². The number of anilines is 1. The summed E-state index contributed by atoms with van der Waals surface area (Å²) in [6.45, 7) is 9.00. The smallest absolute Gasteiger partial charge is 0.238 e. The zero-order valence-corrected chi connectivity index (χ0v) is 16.6. The number of benzene rings is 2. The van der Waals surface area contributed by atoms with Crippen LogP contribution in [0.25, 0.3) is 0 Å². The summed E-state index contributed by atoms with van der Waals surface area (Å²) in [6, 6.07) is 9.31. The van der Waals surface area contributed by atoms with Crippen molar-refractivity contribution in [2.45, 2.75) is 26.8 Å². The molecule has 1 atom stereocenters. The lowest BCUT2D eigenvalue weighted by atomic mass is 10.1. The van der Waals surface area contributed by atoms with Crippen LogP contribution in [0.15, 0.2) is 36.4 Å². The Labute approximate surface area is 165 Å². The lowest BCUT2D eigenvalue weighted by Crippen LogP contribution is -2.49. The van der Waals surface area contributed by atoms with Crippen LogP contribution in [0, 0.1) is 25.5 Å². The number of amides is 1. The predicted molar refractivity (Wildman–Crippen MR) is 107 cm³/mol. The topological polar surface area (TPSA) is 35.6 Å². The van der Waals surface area contributed by atoms with E-state index in [2.05, 4.69) is 15.1 Å². The number of piperazine rings is 1. The quantitative estimate of drug-likeness (QED) is 0.845. The van der Waals surface area contributed by atoms with E-state index in [4.69, 9.17) is 0 Å². The highest BCUT2D eigenvalue weighted by atomic mass is 19.1. The third-order valence-electron chi connectivity index (χ3n) is 5.48. The molecular weight excluding hydrogens is 360 g/mol. The van der Waals surface area contributed by atoms with E-state index in [1.165, 1.54) is 12.1 Å². The van der Waals surface area contributed by atoms with Crippen molar-refractivity contribution in [2.24, 2.45) is 0 Å². The van der Waals surface area contributed by atoms with Crippen molar-refractivity contribution in [2.75, 3.05) is 38.0 Å². The normalized spacial score (nSPS) is 16.8. The van der Waals surface area contributed by atoms with E-state index in [1.807, 2.05) is 39.0 Å². The molecule has 0 aromatic heterocycles. The van der Waals surface area contributed by atoms with E-state index in [-0.39, 0.29) is 17.8 Å². The number of hydrogen-bond donors (Lipinski definition) is 1. The predicted octanol–water partition coefficient (Wildman–Crippen LogP) is 3.90. The number of carbonyl (C=O) groups excluding carboxylic acids is 1. The van der Waals surface area contributed by atoms with Gasteiger partial charge in [-0.05, 0) is 50.1 Å². The number of aryl methyl sites for hydroxylation is 2. The molecule has 4 nitrogen and oxygen atoms in total. The lowest BCUT2D eigenvalue weighted by molar-refractivity contribution is -0.117. The van der Waals surface area contributed by atoms with Gasteiger partial charge in [-0.25, -0.2) is 8.78 Å². The second-order valence-corrected chi connectivity index (χ2v) is 7.47. The van der Waals surface area contributed by atoms with Crippen molar-refractivity contribution in [3.63, 3.8) is 0 Å². The molecule has 1 unspecified atom stereocenters. The second-order valence-electron chi connectivity index (χ2n) is 7.47. The van der Waals surface area contributed by atoms with Crippen LogP contribution >= 0.6 is 0 Å². The minimum Gasteiger partial charge on any atom is -0.324 e. The van der Waals surface area contributed by atoms with Crippen LogP contribution in [-0.4, -0.2) is 48.4 Å². The van der Waals surface area contributed by atoms with E-state index in [0.29, 0.717) is 38.3 Å². The monoisotopic (exact) mass is 387 g/mol. The molecule has 0 bridgehead atoms. The molecule has 28 heavy (non-hydrogen) atoms. The Morgan fingerprint density at radius 2 is 1.71 bits per heavy atom. The lowest BCUT2D eigenvalue weighted by Gasteiger charge is -2.38. The van der Waals surface area contributed by atoms with Crippen molar-refractivity contribution in [3.8, 4) is 0 Å². The number of hydrogen-bond acceptors (Lipinski definition) is 3. The Morgan fingerprint density at radius 1 is 1.07 bits per heavy atom. The van der Waals surface area contributed by atoms with Crippen LogP contribution in [0.1, 0.15) is 29.7 Å². The Balaban J connectivity index is 1.54. The van der Waals surface area contributed by atoms with Crippen LogP contribution < -0.4 is 5.32 Å². The molecular formula is C22H27F2N3O. The molecule has 1 heterocycles. The summed E-state index contributed by atoms with van der Waals surface area (Å²) in [5, 5.41) is 3.01. The van der Waals surface area contributed by atoms with Crippen LogP contribution in [0.5, 0.6) is 0 Å². The Morgan fingerprint density at radius 3 is 2.36 bits per heavy atom. The van der Waals surface area contributed by atoms with E-state index < -0.39 is 5.82 Å². The first kappa shape index (κ1) is 20.4. The van der Waals surface area contributed by atoms with Gasteiger partial charge >= 0.3 is 0 Å². The Bertz CT molecular complexity index is 827. The Hall–Kier alpha value is -2.31. The van der Waals surface area contributed by atoms with Crippen molar-refractivity contribution in [1.82, 2.24) is 9.80 Å². The minimum absolute atomic E-state index is 0.0323. The number of nitrogens with zero attached hydrogens (tertiary/aromatic N) is 2. The van der Waals surface area contributed by atoms with Crippen molar-refractivity contribution in [3.05, 3.63) is 64.7 Å². The van der Waals surface area contributed by atoms with Gasteiger partial charge in [-0.2, -0.15) is 0 Å². The standard InChI is InChI=1S/C22H27F2N3O/c1-15-5-4-6-16(2)22(15)25-21(28)14-26-9-11-27(12-10-26)17(3)19-13-18(23)7-8-20(19)24/h4-8,13,17H,9-12,14H2,1-3H3,(H,25,28). The maximum absolute atomic E-state index is 14.0. The fraction of sp³-hybridized carbons (Fsp3) is 0.409. The maximum atomic E-state index is 14.0. The first-order valence-electron chi connectivity index (χ1n) is 9.62. The minimum atomic E-state index is -0.426. The molecule has 1 amide bonds. The zero-order chi connectivity index (χ0) is 20.3. The molecule has 1 saturated heterocycles. The van der Waals surface area contributed by atoms with Crippen LogP contribution in [0.4, 0.5) is 14.5 Å². The molecule has 1 aliphatic rings. The van der Waals surface area contributed by atoms with Gasteiger partial charge in [0.05, 0.1) is 6.54 Å². The fourth-order valence-electron chi connectivity index (χ4n) is 3.73. The van der Waals surface area contributed by atoms with Crippen molar-refractivity contribution in [1.29, 1.82) is 0 Å². The molecule has 0 aliphatic carbocycles. The molecule has 2 aromatic carbocycles. The number of nitrogens with one attached hydrogen (secondary N) is 1. The third-order valence-corrected chi connectivity index (χ3v) is 5.48. The molecule has 1 aliphatic heterocycles. The van der Waals surface area contributed by atoms with Crippen molar-refractivity contribution < 1.29 is 13.6 Å². The highest BCUT2D eigenvalue weighted by Gasteiger charge is 2.25. The number of rotatable bonds is 5. The average molecular weight is 387 g/mol.